The minimum atomic E-state index is -1.96. The fourth-order valence-corrected chi connectivity index (χ4v) is 10.5. The average molecular weight is 590 g/mol. The second kappa shape index (κ2) is 13.3. The van der Waals surface area contributed by atoms with Gasteiger partial charge in [0.25, 0.3) is 5.91 Å². The Kier molecular flexibility index (Phi) is 10.2. The van der Waals surface area contributed by atoms with Crippen LogP contribution in [-0.2, 0) is 20.7 Å². The van der Waals surface area contributed by atoms with E-state index in [4.69, 9.17) is 14.2 Å². The largest absolute Gasteiger partial charge is 0.497 e. The van der Waals surface area contributed by atoms with Gasteiger partial charge in [0.05, 0.1) is 27.4 Å². The zero-order chi connectivity index (χ0) is 29.9. The summed E-state index contributed by atoms with van der Waals surface area (Å²) in [5, 5.41) is 53.0. The smallest absolute Gasteiger partial charge is 0.256 e. The molecule has 0 aliphatic carbocycles. The van der Waals surface area contributed by atoms with Crippen LogP contribution in [0.3, 0.4) is 0 Å². The van der Waals surface area contributed by atoms with Crippen LogP contribution < -0.4 is 15.2 Å². The number of carbonyl (C=O) groups excluding carboxylic acids is 1. The molecular weight excluding hydrogens is 546 g/mol. The number of carbonyl (C=O) groups is 1. The maximum atomic E-state index is 12.6. The fourth-order valence-electron chi connectivity index (χ4n) is 6.40. The lowest BCUT2D eigenvalue weighted by Crippen LogP contribution is -2.60. The molecule has 9 atom stereocenters. The minimum Gasteiger partial charge on any atom is -0.497 e. The molecule has 11 heteroatoms. The van der Waals surface area contributed by atoms with Gasteiger partial charge in [0.2, 0.25) is 0 Å². The van der Waals surface area contributed by atoms with Crippen molar-refractivity contribution in [1.82, 2.24) is 0 Å². The lowest BCUT2D eigenvalue weighted by Gasteiger charge is -2.37. The van der Waals surface area contributed by atoms with Gasteiger partial charge < -0.3 is 45.1 Å². The highest BCUT2D eigenvalue weighted by atomic mass is 28.3. The van der Waals surface area contributed by atoms with Crippen LogP contribution >= 0.6 is 0 Å². The van der Waals surface area contributed by atoms with Crippen molar-refractivity contribution in [2.45, 2.75) is 87.7 Å². The molecule has 2 aromatic rings. The van der Waals surface area contributed by atoms with E-state index in [9.17, 15) is 30.3 Å². The predicted octanol–water partition coefficient (Wildman–Crippen LogP) is 1.14. The average Bonchev–Trinajstić information content (AvgIpc) is 3.28. The summed E-state index contributed by atoms with van der Waals surface area (Å²) in [6.45, 7) is 7.10. The Hall–Kier alpha value is -2.35. The number of rotatable bonds is 10. The second-order valence-corrected chi connectivity index (χ2v) is 16.4. The lowest BCUT2D eigenvalue weighted by atomic mass is 9.95. The number of ether oxygens (including phenoxy) is 3. The Morgan fingerprint density at radius 3 is 2.17 bits per heavy atom. The van der Waals surface area contributed by atoms with Crippen LogP contribution in [0.2, 0.25) is 18.6 Å². The maximum Gasteiger partial charge on any atom is 0.256 e. The van der Waals surface area contributed by atoms with Crippen molar-refractivity contribution in [3.63, 3.8) is 0 Å². The second-order valence-electron chi connectivity index (χ2n) is 11.7. The number of hydrogen-bond donors (Lipinski definition) is 6. The first-order valence-corrected chi connectivity index (χ1v) is 17.2. The fraction of sp³-hybridized carbons (Fsp3) is 0.567. The molecule has 0 radical (unpaired) electrons. The summed E-state index contributed by atoms with van der Waals surface area (Å²) in [5.74, 6) is 0.412. The Bertz CT molecular complexity index is 1150. The Labute approximate surface area is 241 Å². The van der Waals surface area contributed by atoms with Gasteiger partial charge in [-0.15, -0.1) is 0 Å². The molecule has 0 saturated carbocycles. The van der Waals surface area contributed by atoms with Gasteiger partial charge in [-0.25, -0.2) is 0 Å². The van der Waals surface area contributed by atoms with Crippen LogP contribution in [0.4, 0.5) is 5.69 Å². The highest BCUT2D eigenvalue weighted by Gasteiger charge is 2.50. The van der Waals surface area contributed by atoms with E-state index in [1.807, 2.05) is 24.3 Å². The van der Waals surface area contributed by atoms with Crippen LogP contribution in [0.15, 0.2) is 48.5 Å². The number of hydrogen-bond acceptors (Lipinski definition) is 9. The van der Waals surface area contributed by atoms with Crippen molar-refractivity contribution in [3.05, 3.63) is 54.1 Å². The molecule has 2 aromatic carbocycles. The van der Waals surface area contributed by atoms with Crippen molar-refractivity contribution in [1.29, 1.82) is 0 Å². The summed E-state index contributed by atoms with van der Waals surface area (Å²) in [7, 11) is -0.291. The summed E-state index contributed by atoms with van der Waals surface area (Å²) >= 11 is 0. The van der Waals surface area contributed by atoms with E-state index in [2.05, 4.69) is 37.5 Å². The van der Waals surface area contributed by atoms with Crippen LogP contribution in [0.25, 0.3) is 0 Å². The van der Waals surface area contributed by atoms with E-state index in [0.717, 1.165) is 24.2 Å². The molecule has 2 aliphatic rings. The third-order valence-corrected chi connectivity index (χ3v) is 13.2. The summed E-state index contributed by atoms with van der Waals surface area (Å²) in [4.78, 5) is 12.6. The van der Waals surface area contributed by atoms with Crippen molar-refractivity contribution < 1.29 is 44.5 Å². The maximum absolute atomic E-state index is 12.6. The summed E-state index contributed by atoms with van der Waals surface area (Å²) in [5.41, 5.74) is 1.88. The predicted molar refractivity (Wildman–Crippen MR) is 156 cm³/mol. The number of benzene rings is 2. The number of nitrogens with one attached hydrogen (secondary N) is 1. The van der Waals surface area contributed by atoms with Gasteiger partial charge in [0, 0.05) is 12.3 Å². The third kappa shape index (κ3) is 6.84. The van der Waals surface area contributed by atoms with E-state index in [0.29, 0.717) is 23.6 Å². The molecule has 6 N–H and O–H groups in total. The van der Waals surface area contributed by atoms with Gasteiger partial charge >= 0.3 is 0 Å². The zero-order valence-electron chi connectivity index (χ0n) is 24.0. The standard InChI is InChI=1S/C30H43NO9Si/c1-17-22(39-23(15-16-32)28(17)41(3,4)21-12-10-20(38-2)11-13-21)14-7-18-5-8-19(9-6-18)31-29(36)27-25(34)24(33)26(35)30(37)40-27/h5-6,8-13,17,22-28,30,32-35,37H,7,14-16H2,1-4H3,(H,31,36)/t17-,22+,23-,24+,25+,26-,27+,28+,30-/m1/s1. The number of anilines is 1. The van der Waals surface area contributed by atoms with Crippen LogP contribution in [-0.4, -0.2) is 96.1 Å². The number of aryl methyl sites for hydroxylation is 1. The number of amides is 1. The zero-order valence-corrected chi connectivity index (χ0v) is 25.0. The van der Waals surface area contributed by atoms with Gasteiger partial charge in [-0.05, 0) is 60.6 Å². The molecule has 0 unspecified atom stereocenters. The molecular formula is C30H43NO9Si. The SMILES string of the molecule is COc1ccc([Si](C)(C)[C@H]2[C@H](C)[C@H](CCc3ccc(NC(=O)[C@H]4O[C@@H](O)[C@H](O)[C@@H](O)[C@@H]4O)cc3)O[C@@H]2CCO)cc1. The van der Waals surface area contributed by atoms with E-state index in [-0.39, 0.29) is 18.8 Å². The van der Waals surface area contributed by atoms with Gasteiger partial charge in [0.1, 0.15) is 24.1 Å². The molecule has 4 rings (SSSR count). The molecule has 2 fully saturated rings. The highest BCUT2D eigenvalue weighted by molar-refractivity contribution is 6.91. The molecule has 0 aromatic heterocycles. The highest BCUT2D eigenvalue weighted by Crippen LogP contribution is 2.46. The van der Waals surface area contributed by atoms with E-state index in [1.54, 1.807) is 19.2 Å². The molecule has 226 valence electrons. The molecule has 10 nitrogen and oxygen atoms in total. The third-order valence-electron chi connectivity index (χ3n) is 8.77. The van der Waals surface area contributed by atoms with Gasteiger partial charge in [-0.3, -0.25) is 4.79 Å². The topological polar surface area (TPSA) is 158 Å². The Morgan fingerprint density at radius 2 is 1.56 bits per heavy atom. The minimum absolute atomic E-state index is 0.00290. The lowest BCUT2D eigenvalue weighted by molar-refractivity contribution is -0.274. The first-order valence-electron chi connectivity index (χ1n) is 14.2. The molecule has 0 bridgehead atoms. The normalized spacial score (nSPS) is 32.1. The van der Waals surface area contributed by atoms with Gasteiger partial charge in [-0.2, -0.15) is 0 Å². The Morgan fingerprint density at radius 1 is 0.902 bits per heavy atom. The monoisotopic (exact) mass is 589 g/mol. The van der Waals surface area contributed by atoms with E-state index < -0.39 is 44.7 Å². The van der Waals surface area contributed by atoms with Crippen molar-refractivity contribution >= 4 is 24.9 Å². The van der Waals surface area contributed by atoms with Gasteiger partial charge in [0.15, 0.2) is 12.4 Å². The molecule has 2 aliphatic heterocycles. The summed E-state index contributed by atoms with van der Waals surface area (Å²) < 4.78 is 16.9. The number of aliphatic hydroxyl groups excluding tert-OH is 5. The Balaban J connectivity index is 1.37. The number of aliphatic hydroxyl groups is 5. The summed E-state index contributed by atoms with van der Waals surface area (Å²) in [6.07, 6.45) is -6.16. The molecule has 2 saturated heterocycles. The quantitative estimate of drug-likeness (QED) is 0.224. The van der Waals surface area contributed by atoms with Crippen molar-refractivity contribution in [2.24, 2.45) is 5.92 Å². The number of methoxy groups -OCH3 is 1. The molecule has 0 spiro atoms. The van der Waals surface area contributed by atoms with E-state index >= 15 is 0 Å². The van der Waals surface area contributed by atoms with Gasteiger partial charge in [-0.1, -0.05) is 49.5 Å². The molecule has 41 heavy (non-hydrogen) atoms. The van der Waals surface area contributed by atoms with Crippen molar-refractivity contribution in [2.75, 3.05) is 19.0 Å². The first kappa shape index (κ1) is 31.6. The van der Waals surface area contributed by atoms with Crippen LogP contribution in [0, 0.1) is 5.92 Å². The van der Waals surface area contributed by atoms with Crippen LogP contribution in [0.1, 0.15) is 25.3 Å². The van der Waals surface area contributed by atoms with Crippen molar-refractivity contribution in [3.8, 4) is 5.75 Å². The molecule has 1 amide bonds. The summed E-state index contributed by atoms with van der Waals surface area (Å²) in [6, 6.07) is 15.6. The first-order chi connectivity index (χ1) is 19.5. The molecule has 2 heterocycles. The van der Waals surface area contributed by atoms with Crippen LogP contribution in [0.5, 0.6) is 5.75 Å². The van der Waals surface area contributed by atoms with E-state index in [1.165, 1.54) is 5.19 Å².